The molecule has 0 radical (unpaired) electrons. The van der Waals surface area contributed by atoms with Gasteiger partial charge in [-0.2, -0.15) is 0 Å². The van der Waals surface area contributed by atoms with E-state index < -0.39 is 0 Å². The number of aryl methyl sites for hydroxylation is 2. The summed E-state index contributed by atoms with van der Waals surface area (Å²) in [6, 6.07) is 0. The Hall–Kier alpha value is -1.16. The maximum Gasteiger partial charge on any atom is 0.254 e. The lowest BCUT2D eigenvalue weighted by Crippen LogP contribution is -2.20. The fraction of sp³-hybridized carbons (Fsp3) is 0.500. The van der Waals surface area contributed by atoms with Gasteiger partial charge in [-0.15, -0.1) is 0 Å². The van der Waals surface area contributed by atoms with Crippen LogP contribution in [0.4, 0.5) is 0 Å². The van der Waals surface area contributed by atoms with Crippen LogP contribution in [0.15, 0.2) is 4.79 Å². The summed E-state index contributed by atoms with van der Waals surface area (Å²) in [5, 5.41) is 0. The van der Waals surface area contributed by atoms with Crippen LogP contribution in [0.1, 0.15) is 17.1 Å². The first-order valence-corrected chi connectivity index (χ1v) is 3.91. The number of nitrogens with two attached hydrogens (primary N) is 1. The van der Waals surface area contributed by atoms with Crippen molar-refractivity contribution in [3.05, 3.63) is 27.4 Å². The average Bonchev–Trinajstić information content (AvgIpc) is 1.96. The van der Waals surface area contributed by atoms with Crippen molar-refractivity contribution in [1.82, 2.24) is 9.97 Å². The van der Waals surface area contributed by atoms with Crippen molar-refractivity contribution < 1.29 is 0 Å². The van der Waals surface area contributed by atoms with Crippen LogP contribution in [0.5, 0.6) is 0 Å². The molecule has 0 unspecified atom stereocenters. The second-order valence-electron chi connectivity index (χ2n) is 2.75. The van der Waals surface area contributed by atoms with Gasteiger partial charge in [-0.3, -0.25) is 4.79 Å². The minimum Gasteiger partial charge on any atom is -0.330 e. The molecule has 0 aromatic carbocycles. The first-order chi connectivity index (χ1) is 5.65. The number of aromatic amines is 1. The summed E-state index contributed by atoms with van der Waals surface area (Å²) < 4.78 is 0. The molecule has 3 N–H and O–H groups in total. The Morgan fingerprint density at radius 1 is 1.50 bits per heavy atom. The molecular weight excluding hydrogens is 154 g/mol. The minimum atomic E-state index is -0.0644. The third-order valence-corrected chi connectivity index (χ3v) is 1.74. The van der Waals surface area contributed by atoms with E-state index in [9.17, 15) is 4.79 Å². The summed E-state index contributed by atoms with van der Waals surface area (Å²) in [6.45, 7) is 4.07. The SMILES string of the molecule is Cc1nc(C)c(CCN)c(=O)[nH]1. The maximum atomic E-state index is 11.3. The summed E-state index contributed by atoms with van der Waals surface area (Å²) in [5.41, 5.74) is 6.77. The van der Waals surface area contributed by atoms with E-state index in [0.29, 0.717) is 24.4 Å². The van der Waals surface area contributed by atoms with Gasteiger partial charge in [0, 0.05) is 11.3 Å². The number of rotatable bonds is 2. The van der Waals surface area contributed by atoms with E-state index in [4.69, 9.17) is 5.73 Å². The quantitative estimate of drug-likeness (QED) is 0.645. The van der Waals surface area contributed by atoms with Crippen molar-refractivity contribution in [1.29, 1.82) is 0 Å². The highest BCUT2D eigenvalue weighted by Gasteiger charge is 2.04. The fourth-order valence-electron chi connectivity index (χ4n) is 1.19. The number of nitrogens with zero attached hydrogens (tertiary/aromatic N) is 1. The Bertz CT molecular complexity index is 330. The van der Waals surface area contributed by atoms with E-state index in [1.807, 2.05) is 6.92 Å². The van der Waals surface area contributed by atoms with Gasteiger partial charge in [0.15, 0.2) is 0 Å². The fourth-order valence-corrected chi connectivity index (χ4v) is 1.19. The van der Waals surface area contributed by atoms with Crippen molar-refractivity contribution in [2.75, 3.05) is 6.54 Å². The zero-order chi connectivity index (χ0) is 9.14. The van der Waals surface area contributed by atoms with Gasteiger partial charge in [0.25, 0.3) is 5.56 Å². The van der Waals surface area contributed by atoms with E-state index in [-0.39, 0.29) is 5.56 Å². The van der Waals surface area contributed by atoms with Crippen LogP contribution in [0.2, 0.25) is 0 Å². The third kappa shape index (κ3) is 1.71. The smallest absolute Gasteiger partial charge is 0.254 e. The van der Waals surface area contributed by atoms with E-state index in [1.165, 1.54) is 0 Å². The molecule has 0 atom stereocenters. The van der Waals surface area contributed by atoms with Gasteiger partial charge in [0.2, 0.25) is 0 Å². The highest BCUT2D eigenvalue weighted by molar-refractivity contribution is 5.16. The van der Waals surface area contributed by atoms with Crippen molar-refractivity contribution in [2.24, 2.45) is 5.73 Å². The molecule has 66 valence electrons. The van der Waals surface area contributed by atoms with Crippen LogP contribution in [-0.4, -0.2) is 16.5 Å². The molecule has 0 spiro atoms. The van der Waals surface area contributed by atoms with Crippen molar-refractivity contribution in [2.45, 2.75) is 20.3 Å². The molecule has 1 heterocycles. The number of hydrogen-bond donors (Lipinski definition) is 2. The standard InChI is InChI=1S/C8H13N3O/c1-5-7(3-4-9)8(12)11-6(2)10-5/h3-4,9H2,1-2H3,(H,10,11,12). The molecular formula is C8H13N3O. The van der Waals surface area contributed by atoms with Crippen LogP contribution >= 0.6 is 0 Å². The van der Waals surface area contributed by atoms with Gasteiger partial charge < -0.3 is 10.7 Å². The number of H-pyrrole nitrogens is 1. The lowest BCUT2D eigenvalue weighted by Gasteiger charge is -2.02. The lowest BCUT2D eigenvalue weighted by molar-refractivity contribution is 0.874. The molecule has 12 heavy (non-hydrogen) atoms. The predicted octanol–water partition coefficient (Wildman–Crippen LogP) is -0.112. The topological polar surface area (TPSA) is 71.8 Å². The second-order valence-corrected chi connectivity index (χ2v) is 2.75. The largest absolute Gasteiger partial charge is 0.330 e. The Morgan fingerprint density at radius 2 is 2.17 bits per heavy atom. The number of aromatic nitrogens is 2. The molecule has 0 bridgehead atoms. The molecule has 1 rings (SSSR count). The molecule has 4 nitrogen and oxygen atoms in total. The average molecular weight is 167 g/mol. The molecule has 0 fully saturated rings. The summed E-state index contributed by atoms with van der Waals surface area (Å²) >= 11 is 0. The highest BCUT2D eigenvalue weighted by Crippen LogP contribution is 1.97. The van der Waals surface area contributed by atoms with E-state index in [1.54, 1.807) is 6.92 Å². The Morgan fingerprint density at radius 3 is 2.67 bits per heavy atom. The van der Waals surface area contributed by atoms with Gasteiger partial charge in [0.05, 0.1) is 0 Å². The summed E-state index contributed by atoms with van der Waals surface area (Å²) in [7, 11) is 0. The molecule has 0 saturated carbocycles. The summed E-state index contributed by atoms with van der Waals surface area (Å²) in [6.07, 6.45) is 0.592. The van der Waals surface area contributed by atoms with Gasteiger partial charge in [-0.1, -0.05) is 0 Å². The van der Waals surface area contributed by atoms with Crippen molar-refractivity contribution in [3.63, 3.8) is 0 Å². The van der Waals surface area contributed by atoms with Crippen LogP contribution in [0, 0.1) is 13.8 Å². The van der Waals surface area contributed by atoms with Crippen molar-refractivity contribution >= 4 is 0 Å². The molecule has 1 aromatic rings. The molecule has 0 aliphatic rings. The normalized spacial score (nSPS) is 10.2. The van der Waals surface area contributed by atoms with Gasteiger partial charge in [-0.25, -0.2) is 4.98 Å². The van der Waals surface area contributed by atoms with E-state index >= 15 is 0 Å². The summed E-state index contributed by atoms with van der Waals surface area (Å²) in [5.74, 6) is 0.651. The molecule has 0 aliphatic heterocycles. The Balaban J connectivity index is 3.19. The lowest BCUT2D eigenvalue weighted by atomic mass is 10.2. The van der Waals surface area contributed by atoms with Crippen LogP contribution < -0.4 is 11.3 Å². The Kier molecular flexibility index (Phi) is 2.60. The second kappa shape index (κ2) is 3.49. The first kappa shape index (κ1) is 8.93. The minimum absolute atomic E-state index is 0.0644. The molecule has 0 aliphatic carbocycles. The van der Waals surface area contributed by atoms with Gasteiger partial charge in [0.1, 0.15) is 5.82 Å². The van der Waals surface area contributed by atoms with Crippen LogP contribution in [0.3, 0.4) is 0 Å². The maximum absolute atomic E-state index is 11.3. The van der Waals surface area contributed by atoms with Gasteiger partial charge in [-0.05, 0) is 26.8 Å². The summed E-state index contributed by atoms with van der Waals surface area (Å²) in [4.78, 5) is 18.1. The molecule has 0 saturated heterocycles. The zero-order valence-corrected chi connectivity index (χ0v) is 7.35. The monoisotopic (exact) mass is 167 g/mol. The van der Waals surface area contributed by atoms with Crippen molar-refractivity contribution in [3.8, 4) is 0 Å². The molecule has 1 aromatic heterocycles. The zero-order valence-electron chi connectivity index (χ0n) is 7.35. The molecule has 0 amide bonds. The number of hydrogen-bond acceptors (Lipinski definition) is 3. The predicted molar refractivity (Wildman–Crippen MR) is 47.1 cm³/mol. The van der Waals surface area contributed by atoms with Crippen LogP contribution in [0.25, 0.3) is 0 Å². The van der Waals surface area contributed by atoms with E-state index in [2.05, 4.69) is 9.97 Å². The highest BCUT2D eigenvalue weighted by atomic mass is 16.1. The first-order valence-electron chi connectivity index (χ1n) is 3.91. The van der Waals surface area contributed by atoms with E-state index in [0.717, 1.165) is 5.69 Å². The third-order valence-electron chi connectivity index (χ3n) is 1.74. The molecule has 4 heteroatoms. The van der Waals surface area contributed by atoms with Crippen LogP contribution in [-0.2, 0) is 6.42 Å². The van der Waals surface area contributed by atoms with Gasteiger partial charge >= 0.3 is 0 Å². The number of nitrogens with one attached hydrogen (secondary N) is 1. The Labute approximate surface area is 70.8 Å².